The van der Waals surface area contributed by atoms with Gasteiger partial charge in [0.05, 0.1) is 44.9 Å². The SMILES string of the molecule is CCOC(=O)C[C@H]1COCCN1C(=O)c1cc2ccc(OC)cc2n1C. The summed E-state index contributed by atoms with van der Waals surface area (Å²) in [6, 6.07) is 7.26. The predicted octanol–water partition coefficient (Wildman–Crippen LogP) is 1.98. The van der Waals surface area contributed by atoms with Gasteiger partial charge in [0, 0.05) is 25.0 Å². The Morgan fingerprint density at radius 2 is 2.12 bits per heavy atom. The molecule has 0 unspecified atom stereocenters. The van der Waals surface area contributed by atoms with Crippen molar-refractivity contribution in [2.75, 3.05) is 33.5 Å². The highest BCUT2D eigenvalue weighted by molar-refractivity contribution is 5.99. The van der Waals surface area contributed by atoms with Crippen LogP contribution in [0.5, 0.6) is 5.75 Å². The zero-order valence-electron chi connectivity index (χ0n) is 15.4. The molecule has 0 spiro atoms. The Kier molecular flexibility index (Phi) is 5.46. The number of aryl methyl sites for hydroxylation is 1. The number of aromatic nitrogens is 1. The predicted molar refractivity (Wildman–Crippen MR) is 96.4 cm³/mol. The summed E-state index contributed by atoms with van der Waals surface area (Å²) >= 11 is 0. The summed E-state index contributed by atoms with van der Waals surface area (Å²) in [5.74, 6) is 0.312. The molecule has 1 saturated heterocycles. The third-order valence-corrected chi connectivity index (χ3v) is 4.67. The van der Waals surface area contributed by atoms with Crippen molar-refractivity contribution in [2.45, 2.75) is 19.4 Å². The first-order chi connectivity index (χ1) is 12.5. The van der Waals surface area contributed by atoms with Crippen LogP contribution in [0.3, 0.4) is 0 Å². The summed E-state index contributed by atoms with van der Waals surface area (Å²) in [4.78, 5) is 26.7. The van der Waals surface area contributed by atoms with Crippen molar-refractivity contribution < 1.29 is 23.8 Å². The van der Waals surface area contributed by atoms with Crippen LogP contribution in [0.2, 0.25) is 0 Å². The fraction of sp³-hybridized carbons (Fsp3) is 0.474. The molecule has 2 heterocycles. The van der Waals surface area contributed by atoms with Gasteiger partial charge < -0.3 is 23.7 Å². The molecule has 0 aliphatic carbocycles. The van der Waals surface area contributed by atoms with E-state index in [1.807, 2.05) is 35.9 Å². The average molecular weight is 360 g/mol. The van der Waals surface area contributed by atoms with Crippen LogP contribution in [0.25, 0.3) is 10.9 Å². The highest BCUT2D eigenvalue weighted by Gasteiger charge is 2.31. The number of carbonyl (C=O) groups is 2. The normalized spacial score (nSPS) is 17.3. The summed E-state index contributed by atoms with van der Waals surface area (Å²) in [5.41, 5.74) is 1.49. The van der Waals surface area contributed by atoms with E-state index in [4.69, 9.17) is 14.2 Å². The Balaban J connectivity index is 1.87. The summed E-state index contributed by atoms with van der Waals surface area (Å²) in [7, 11) is 3.47. The van der Waals surface area contributed by atoms with E-state index < -0.39 is 0 Å². The van der Waals surface area contributed by atoms with E-state index in [-0.39, 0.29) is 24.3 Å². The summed E-state index contributed by atoms with van der Waals surface area (Å²) in [6.07, 6.45) is 0.136. The Morgan fingerprint density at radius 3 is 2.85 bits per heavy atom. The van der Waals surface area contributed by atoms with Gasteiger partial charge in [-0.3, -0.25) is 9.59 Å². The molecular formula is C19H24N2O5. The lowest BCUT2D eigenvalue weighted by Gasteiger charge is -2.35. The maximum Gasteiger partial charge on any atom is 0.307 e. The van der Waals surface area contributed by atoms with Gasteiger partial charge in [-0.05, 0) is 25.1 Å². The number of amides is 1. The van der Waals surface area contributed by atoms with Gasteiger partial charge in [0.25, 0.3) is 5.91 Å². The Bertz CT molecular complexity index is 814. The van der Waals surface area contributed by atoms with Crippen molar-refractivity contribution in [2.24, 2.45) is 7.05 Å². The summed E-state index contributed by atoms with van der Waals surface area (Å²) in [6.45, 7) is 3.34. The summed E-state index contributed by atoms with van der Waals surface area (Å²) < 4.78 is 17.6. The molecule has 1 amide bonds. The number of hydrogen-bond donors (Lipinski definition) is 0. The third-order valence-electron chi connectivity index (χ3n) is 4.67. The molecule has 2 aromatic rings. The van der Waals surface area contributed by atoms with Crippen LogP contribution in [0.1, 0.15) is 23.8 Å². The van der Waals surface area contributed by atoms with Crippen LogP contribution >= 0.6 is 0 Å². The smallest absolute Gasteiger partial charge is 0.307 e. The van der Waals surface area contributed by atoms with Gasteiger partial charge in [0.15, 0.2) is 0 Å². The Morgan fingerprint density at radius 1 is 1.31 bits per heavy atom. The fourth-order valence-electron chi connectivity index (χ4n) is 3.29. The molecule has 7 nitrogen and oxygen atoms in total. The van der Waals surface area contributed by atoms with Crippen LogP contribution in [0, 0.1) is 0 Å². The van der Waals surface area contributed by atoms with Gasteiger partial charge in [-0.1, -0.05) is 0 Å². The second-order valence-corrected chi connectivity index (χ2v) is 6.25. The van der Waals surface area contributed by atoms with Gasteiger partial charge in [-0.25, -0.2) is 0 Å². The van der Waals surface area contributed by atoms with Crippen LogP contribution < -0.4 is 4.74 Å². The van der Waals surface area contributed by atoms with E-state index >= 15 is 0 Å². The van der Waals surface area contributed by atoms with Gasteiger partial charge in [-0.15, -0.1) is 0 Å². The second kappa shape index (κ2) is 7.78. The van der Waals surface area contributed by atoms with E-state index in [1.54, 1.807) is 18.9 Å². The van der Waals surface area contributed by atoms with Crippen LogP contribution in [0.15, 0.2) is 24.3 Å². The molecule has 1 aromatic carbocycles. The van der Waals surface area contributed by atoms with Gasteiger partial charge >= 0.3 is 5.97 Å². The van der Waals surface area contributed by atoms with Crippen molar-refractivity contribution in [1.82, 2.24) is 9.47 Å². The van der Waals surface area contributed by atoms with Gasteiger partial charge in [0.2, 0.25) is 0 Å². The quantitative estimate of drug-likeness (QED) is 0.763. The fourth-order valence-corrected chi connectivity index (χ4v) is 3.29. The first-order valence-corrected chi connectivity index (χ1v) is 8.73. The largest absolute Gasteiger partial charge is 0.497 e. The van der Waals surface area contributed by atoms with Crippen LogP contribution in [-0.2, 0) is 21.3 Å². The Labute approximate surface area is 152 Å². The maximum atomic E-state index is 13.2. The van der Waals surface area contributed by atoms with E-state index in [0.717, 1.165) is 16.7 Å². The molecule has 1 atom stereocenters. The highest BCUT2D eigenvalue weighted by Crippen LogP contribution is 2.25. The molecule has 7 heteroatoms. The van der Waals surface area contributed by atoms with Crippen molar-refractivity contribution >= 4 is 22.8 Å². The average Bonchev–Trinajstić information content (AvgIpc) is 2.98. The number of fused-ring (bicyclic) bond motifs is 1. The number of rotatable bonds is 5. The molecular weight excluding hydrogens is 336 g/mol. The molecule has 1 aromatic heterocycles. The molecule has 1 fully saturated rings. The highest BCUT2D eigenvalue weighted by atomic mass is 16.5. The Hall–Kier alpha value is -2.54. The zero-order chi connectivity index (χ0) is 18.7. The number of methoxy groups -OCH3 is 1. The number of carbonyl (C=O) groups excluding carboxylic acids is 2. The van der Waals surface area contributed by atoms with Crippen molar-refractivity contribution in [3.05, 3.63) is 30.0 Å². The number of benzene rings is 1. The summed E-state index contributed by atoms with van der Waals surface area (Å²) in [5, 5.41) is 0.965. The number of morpholine rings is 1. The lowest BCUT2D eigenvalue weighted by molar-refractivity contribution is -0.145. The minimum absolute atomic E-state index is 0.111. The van der Waals surface area contributed by atoms with E-state index in [0.29, 0.717) is 32.1 Å². The minimum Gasteiger partial charge on any atom is -0.497 e. The standard InChI is InChI=1S/C19H24N2O5/c1-4-26-18(22)10-14-12-25-8-7-21(14)19(23)17-9-13-5-6-15(24-3)11-16(13)20(17)2/h5-6,9,11,14H,4,7-8,10,12H2,1-3H3/t14-/m0/s1. The third kappa shape index (κ3) is 3.53. The molecule has 140 valence electrons. The minimum atomic E-state index is -0.317. The lowest BCUT2D eigenvalue weighted by Crippen LogP contribution is -2.50. The zero-order valence-corrected chi connectivity index (χ0v) is 15.4. The van der Waals surface area contributed by atoms with Gasteiger partial charge in [0.1, 0.15) is 11.4 Å². The number of esters is 1. The van der Waals surface area contributed by atoms with E-state index in [2.05, 4.69) is 0 Å². The molecule has 0 bridgehead atoms. The first kappa shape index (κ1) is 18.3. The number of nitrogens with zero attached hydrogens (tertiary/aromatic N) is 2. The molecule has 26 heavy (non-hydrogen) atoms. The molecule has 1 aliphatic heterocycles. The second-order valence-electron chi connectivity index (χ2n) is 6.25. The monoisotopic (exact) mass is 360 g/mol. The first-order valence-electron chi connectivity index (χ1n) is 8.73. The lowest BCUT2D eigenvalue weighted by atomic mass is 10.1. The number of ether oxygens (including phenoxy) is 3. The van der Waals surface area contributed by atoms with E-state index in [1.165, 1.54) is 0 Å². The van der Waals surface area contributed by atoms with E-state index in [9.17, 15) is 9.59 Å². The molecule has 3 rings (SSSR count). The number of hydrogen-bond acceptors (Lipinski definition) is 5. The molecule has 0 N–H and O–H groups in total. The molecule has 1 aliphatic rings. The van der Waals surface area contributed by atoms with Crippen molar-refractivity contribution in [3.63, 3.8) is 0 Å². The van der Waals surface area contributed by atoms with Gasteiger partial charge in [-0.2, -0.15) is 0 Å². The van der Waals surface area contributed by atoms with Crippen molar-refractivity contribution in [3.8, 4) is 5.75 Å². The van der Waals surface area contributed by atoms with Crippen LogP contribution in [0.4, 0.5) is 0 Å². The maximum absolute atomic E-state index is 13.2. The topological polar surface area (TPSA) is 70.0 Å². The van der Waals surface area contributed by atoms with Crippen molar-refractivity contribution in [1.29, 1.82) is 0 Å². The van der Waals surface area contributed by atoms with Crippen LogP contribution in [-0.4, -0.2) is 60.9 Å². The molecule has 0 radical (unpaired) electrons. The molecule has 0 saturated carbocycles.